The number of carbonyl (C=O) groups is 1. The molecule has 0 aliphatic rings. The number of methoxy groups -OCH3 is 1. The molecule has 1 aromatic heterocycles. The van der Waals surface area contributed by atoms with Crippen molar-refractivity contribution in [2.75, 3.05) is 7.11 Å². The van der Waals surface area contributed by atoms with E-state index in [1.807, 2.05) is 0 Å². The van der Waals surface area contributed by atoms with E-state index in [0.717, 1.165) is 12.1 Å². The summed E-state index contributed by atoms with van der Waals surface area (Å²) in [6, 6.07) is 6.78. The SMILES string of the molecule is COC(=O)c1cccnc1Cc1ccc(F)c(F)c1. The summed E-state index contributed by atoms with van der Waals surface area (Å²) >= 11 is 0. The van der Waals surface area contributed by atoms with Crippen molar-refractivity contribution in [3.8, 4) is 0 Å². The van der Waals surface area contributed by atoms with Gasteiger partial charge in [-0.3, -0.25) is 4.98 Å². The highest BCUT2D eigenvalue weighted by Crippen LogP contribution is 2.15. The molecule has 1 aromatic carbocycles. The van der Waals surface area contributed by atoms with Crippen molar-refractivity contribution in [3.63, 3.8) is 0 Å². The molecule has 0 unspecified atom stereocenters. The Hall–Kier alpha value is -2.30. The average molecular weight is 263 g/mol. The molecule has 1 heterocycles. The van der Waals surface area contributed by atoms with E-state index in [0.29, 0.717) is 16.8 Å². The van der Waals surface area contributed by atoms with Crippen LogP contribution in [-0.2, 0) is 11.2 Å². The lowest BCUT2D eigenvalue weighted by atomic mass is 10.0. The molecule has 0 N–H and O–H groups in total. The second kappa shape index (κ2) is 5.56. The van der Waals surface area contributed by atoms with Gasteiger partial charge in [-0.2, -0.15) is 0 Å². The number of pyridine rings is 1. The van der Waals surface area contributed by atoms with E-state index in [-0.39, 0.29) is 6.42 Å². The first-order valence-corrected chi connectivity index (χ1v) is 5.58. The van der Waals surface area contributed by atoms with Gasteiger partial charge in [-0.05, 0) is 29.8 Å². The van der Waals surface area contributed by atoms with Gasteiger partial charge in [0.25, 0.3) is 0 Å². The molecule has 0 fully saturated rings. The van der Waals surface area contributed by atoms with Gasteiger partial charge in [-0.1, -0.05) is 6.07 Å². The lowest BCUT2D eigenvalue weighted by molar-refractivity contribution is 0.0599. The first-order valence-electron chi connectivity index (χ1n) is 5.58. The Balaban J connectivity index is 2.32. The summed E-state index contributed by atoms with van der Waals surface area (Å²) in [6.45, 7) is 0. The molecule has 2 rings (SSSR count). The fourth-order valence-electron chi connectivity index (χ4n) is 1.72. The third-order valence-electron chi connectivity index (χ3n) is 2.65. The number of benzene rings is 1. The molecule has 3 nitrogen and oxygen atoms in total. The van der Waals surface area contributed by atoms with Crippen molar-refractivity contribution in [1.29, 1.82) is 0 Å². The highest BCUT2D eigenvalue weighted by Gasteiger charge is 2.13. The number of ether oxygens (including phenoxy) is 1. The average Bonchev–Trinajstić information content (AvgIpc) is 2.43. The number of carbonyl (C=O) groups excluding carboxylic acids is 1. The van der Waals surface area contributed by atoms with Crippen LogP contribution in [0.15, 0.2) is 36.5 Å². The molecular weight excluding hydrogens is 252 g/mol. The van der Waals surface area contributed by atoms with Crippen molar-refractivity contribution in [2.24, 2.45) is 0 Å². The number of hydrogen-bond donors (Lipinski definition) is 0. The van der Waals surface area contributed by atoms with Gasteiger partial charge in [0, 0.05) is 12.6 Å². The third kappa shape index (κ3) is 2.93. The summed E-state index contributed by atoms with van der Waals surface area (Å²) in [7, 11) is 1.27. The van der Waals surface area contributed by atoms with E-state index in [2.05, 4.69) is 9.72 Å². The van der Waals surface area contributed by atoms with E-state index in [4.69, 9.17) is 0 Å². The molecule has 0 aliphatic carbocycles. The number of aromatic nitrogens is 1. The Morgan fingerprint density at radius 2 is 2.05 bits per heavy atom. The fourth-order valence-corrected chi connectivity index (χ4v) is 1.72. The first-order chi connectivity index (χ1) is 9.11. The van der Waals surface area contributed by atoms with Crippen molar-refractivity contribution >= 4 is 5.97 Å². The molecule has 0 amide bonds. The molecule has 0 spiro atoms. The zero-order valence-electron chi connectivity index (χ0n) is 10.2. The number of esters is 1. The Morgan fingerprint density at radius 1 is 1.26 bits per heavy atom. The Bertz CT molecular complexity index is 614. The van der Waals surface area contributed by atoms with Crippen molar-refractivity contribution in [2.45, 2.75) is 6.42 Å². The van der Waals surface area contributed by atoms with E-state index >= 15 is 0 Å². The van der Waals surface area contributed by atoms with Crippen LogP contribution in [0.4, 0.5) is 8.78 Å². The molecule has 5 heteroatoms. The standard InChI is InChI=1S/C14H11F2NO2/c1-19-14(18)10-3-2-6-17-13(10)8-9-4-5-11(15)12(16)7-9/h2-7H,8H2,1H3. The second-order valence-corrected chi connectivity index (χ2v) is 3.91. The second-order valence-electron chi connectivity index (χ2n) is 3.91. The summed E-state index contributed by atoms with van der Waals surface area (Å²) in [4.78, 5) is 15.6. The molecule has 0 saturated carbocycles. The van der Waals surface area contributed by atoms with Gasteiger partial charge >= 0.3 is 5.97 Å². The number of halogens is 2. The summed E-state index contributed by atoms with van der Waals surface area (Å²) in [6.07, 6.45) is 1.75. The maximum absolute atomic E-state index is 13.1. The van der Waals surface area contributed by atoms with Gasteiger partial charge in [-0.15, -0.1) is 0 Å². The van der Waals surface area contributed by atoms with Gasteiger partial charge in [0.15, 0.2) is 11.6 Å². The zero-order valence-corrected chi connectivity index (χ0v) is 10.2. The maximum atomic E-state index is 13.1. The largest absolute Gasteiger partial charge is 0.465 e. The van der Waals surface area contributed by atoms with Crippen LogP contribution in [0, 0.1) is 11.6 Å². The highest BCUT2D eigenvalue weighted by molar-refractivity contribution is 5.90. The molecule has 19 heavy (non-hydrogen) atoms. The van der Waals surface area contributed by atoms with Gasteiger partial charge in [0.05, 0.1) is 18.4 Å². The highest BCUT2D eigenvalue weighted by atomic mass is 19.2. The van der Waals surface area contributed by atoms with Crippen LogP contribution >= 0.6 is 0 Å². The molecule has 98 valence electrons. The van der Waals surface area contributed by atoms with Crippen LogP contribution in [0.5, 0.6) is 0 Å². The lowest BCUT2D eigenvalue weighted by Gasteiger charge is -2.07. The first kappa shape index (κ1) is 13.1. The Kier molecular flexibility index (Phi) is 3.85. The molecule has 0 saturated heterocycles. The molecular formula is C14H11F2NO2. The Labute approximate surface area is 108 Å². The molecule has 0 radical (unpaired) electrons. The van der Waals surface area contributed by atoms with Crippen LogP contribution in [-0.4, -0.2) is 18.1 Å². The summed E-state index contributed by atoms with van der Waals surface area (Å²) in [5.41, 5.74) is 1.30. The smallest absolute Gasteiger partial charge is 0.339 e. The fraction of sp³-hybridized carbons (Fsp3) is 0.143. The van der Waals surface area contributed by atoms with Crippen LogP contribution in [0.25, 0.3) is 0 Å². The topological polar surface area (TPSA) is 39.2 Å². The minimum absolute atomic E-state index is 0.225. The van der Waals surface area contributed by atoms with E-state index in [1.54, 1.807) is 12.1 Å². The number of rotatable bonds is 3. The van der Waals surface area contributed by atoms with Crippen LogP contribution in [0.3, 0.4) is 0 Å². The molecule has 2 aromatic rings. The van der Waals surface area contributed by atoms with Crippen LogP contribution < -0.4 is 0 Å². The molecule has 0 atom stereocenters. The van der Waals surface area contributed by atoms with Gasteiger partial charge in [0.1, 0.15) is 0 Å². The normalized spacial score (nSPS) is 10.3. The maximum Gasteiger partial charge on any atom is 0.339 e. The quantitative estimate of drug-likeness (QED) is 0.799. The van der Waals surface area contributed by atoms with Gasteiger partial charge in [-0.25, -0.2) is 13.6 Å². The minimum Gasteiger partial charge on any atom is -0.465 e. The summed E-state index contributed by atoms with van der Waals surface area (Å²) in [5, 5.41) is 0. The predicted molar refractivity (Wildman–Crippen MR) is 64.7 cm³/mol. The van der Waals surface area contributed by atoms with Crippen molar-refractivity contribution in [3.05, 3.63) is 65.0 Å². The lowest BCUT2D eigenvalue weighted by Crippen LogP contribution is -2.08. The van der Waals surface area contributed by atoms with Crippen molar-refractivity contribution < 1.29 is 18.3 Å². The van der Waals surface area contributed by atoms with Gasteiger partial charge < -0.3 is 4.74 Å². The molecule has 0 bridgehead atoms. The molecule has 0 aliphatic heterocycles. The van der Waals surface area contributed by atoms with Crippen LogP contribution in [0.2, 0.25) is 0 Å². The predicted octanol–water partition coefficient (Wildman–Crippen LogP) is 2.74. The van der Waals surface area contributed by atoms with Crippen molar-refractivity contribution in [1.82, 2.24) is 4.98 Å². The van der Waals surface area contributed by atoms with E-state index in [9.17, 15) is 13.6 Å². The number of nitrogens with zero attached hydrogens (tertiary/aromatic N) is 1. The zero-order chi connectivity index (χ0) is 13.8. The van der Waals surface area contributed by atoms with Crippen LogP contribution in [0.1, 0.15) is 21.6 Å². The number of hydrogen-bond acceptors (Lipinski definition) is 3. The summed E-state index contributed by atoms with van der Waals surface area (Å²) < 4.78 is 30.6. The monoisotopic (exact) mass is 263 g/mol. The van der Waals surface area contributed by atoms with E-state index < -0.39 is 17.6 Å². The minimum atomic E-state index is -0.923. The summed E-state index contributed by atoms with van der Waals surface area (Å²) in [5.74, 6) is -2.34. The van der Waals surface area contributed by atoms with Gasteiger partial charge in [0.2, 0.25) is 0 Å². The third-order valence-corrected chi connectivity index (χ3v) is 2.65. The van der Waals surface area contributed by atoms with E-state index in [1.165, 1.54) is 19.4 Å². The Morgan fingerprint density at radius 3 is 2.74 bits per heavy atom.